The summed E-state index contributed by atoms with van der Waals surface area (Å²) in [5.74, 6) is 0.634. The van der Waals surface area contributed by atoms with E-state index in [-0.39, 0.29) is 0 Å². The number of ether oxygens (including phenoxy) is 1. The molecule has 0 radical (unpaired) electrons. The van der Waals surface area contributed by atoms with Gasteiger partial charge in [-0.3, -0.25) is 10.1 Å². The maximum absolute atomic E-state index is 10.4. The van der Waals surface area contributed by atoms with Crippen molar-refractivity contribution < 1.29 is 9.66 Å². The van der Waals surface area contributed by atoms with E-state index in [4.69, 9.17) is 4.74 Å². The molecule has 7 heteroatoms. The third-order valence-corrected chi connectivity index (χ3v) is 3.85. The normalized spacial score (nSPS) is 19.9. The standard InChI is InChI=1S/C12H23N3O3S/c1-3-14(8-11-4-7-18-10-11)6-5-13-12(19-2)9-15(16)17/h9,11,13H,3-8,10H2,1-2H3. The molecule has 1 atom stereocenters. The van der Waals surface area contributed by atoms with Crippen LogP contribution in [0.3, 0.4) is 0 Å². The van der Waals surface area contributed by atoms with Crippen LogP contribution in [0.15, 0.2) is 11.2 Å². The lowest BCUT2D eigenvalue weighted by Gasteiger charge is -2.23. The Balaban J connectivity index is 2.26. The van der Waals surface area contributed by atoms with E-state index >= 15 is 0 Å². The summed E-state index contributed by atoms with van der Waals surface area (Å²) in [6.45, 7) is 7.53. The van der Waals surface area contributed by atoms with E-state index in [0.29, 0.717) is 10.9 Å². The molecule has 1 N–H and O–H groups in total. The van der Waals surface area contributed by atoms with Crippen LogP contribution in [0.1, 0.15) is 13.3 Å². The fraction of sp³-hybridized carbons (Fsp3) is 0.833. The molecule has 1 heterocycles. The van der Waals surface area contributed by atoms with Gasteiger partial charge in [0.25, 0.3) is 6.20 Å². The second-order valence-electron chi connectivity index (χ2n) is 4.53. The summed E-state index contributed by atoms with van der Waals surface area (Å²) in [6.07, 6.45) is 3.99. The lowest BCUT2D eigenvalue weighted by Crippen LogP contribution is -2.35. The Morgan fingerprint density at radius 3 is 3.00 bits per heavy atom. The van der Waals surface area contributed by atoms with Crippen molar-refractivity contribution >= 4 is 11.8 Å². The first kappa shape index (κ1) is 16.3. The highest BCUT2D eigenvalue weighted by molar-refractivity contribution is 8.02. The van der Waals surface area contributed by atoms with Gasteiger partial charge in [-0.2, -0.15) is 0 Å². The minimum Gasteiger partial charge on any atom is -0.381 e. The van der Waals surface area contributed by atoms with Gasteiger partial charge in [0.05, 0.1) is 11.5 Å². The van der Waals surface area contributed by atoms with Gasteiger partial charge in [0.15, 0.2) is 0 Å². The lowest BCUT2D eigenvalue weighted by molar-refractivity contribution is -0.403. The minimum absolute atomic E-state index is 0.424. The van der Waals surface area contributed by atoms with Gasteiger partial charge in [0.1, 0.15) is 5.03 Å². The molecule has 0 aliphatic carbocycles. The van der Waals surface area contributed by atoms with E-state index in [1.54, 1.807) is 0 Å². The Kier molecular flexibility index (Phi) is 7.85. The quantitative estimate of drug-likeness (QED) is 0.511. The van der Waals surface area contributed by atoms with Gasteiger partial charge in [-0.05, 0) is 25.1 Å². The second-order valence-corrected chi connectivity index (χ2v) is 5.38. The van der Waals surface area contributed by atoms with Gasteiger partial charge < -0.3 is 15.0 Å². The number of thioether (sulfide) groups is 1. The van der Waals surface area contributed by atoms with Crippen molar-refractivity contribution in [2.45, 2.75) is 13.3 Å². The summed E-state index contributed by atoms with van der Waals surface area (Å²) in [4.78, 5) is 12.3. The fourth-order valence-corrected chi connectivity index (χ4v) is 2.51. The predicted octanol–water partition coefficient (Wildman–Crippen LogP) is 1.37. The van der Waals surface area contributed by atoms with Crippen LogP contribution in [-0.2, 0) is 4.74 Å². The average molecular weight is 289 g/mol. The first-order valence-electron chi connectivity index (χ1n) is 6.59. The van der Waals surface area contributed by atoms with Gasteiger partial charge in [0, 0.05) is 26.2 Å². The topological polar surface area (TPSA) is 67.6 Å². The number of likely N-dealkylation sites (N-methyl/N-ethyl adjacent to an activating group) is 1. The van der Waals surface area contributed by atoms with Crippen molar-refractivity contribution in [3.8, 4) is 0 Å². The Morgan fingerprint density at radius 2 is 2.47 bits per heavy atom. The summed E-state index contributed by atoms with van der Waals surface area (Å²) in [5.41, 5.74) is 0. The van der Waals surface area contributed by atoms with Gasteiger partial charge >= 0.3 is 0 Å². The maximum Gasteiger partial charge on any atom is 0.263 e. The SMILES string of the molecule is CCN(CCNC(=C[N+](=O)[O-])SC)CC1CCOC1. The molecule has 1 saturated heterocycles. The van der Waals surface area contributed by atoms with Crippen LogP contribution in [0, 0.1) is 16.0 Å². The summed E-state index contributed by atoms with van der Waals surface area (Å²) in [5, 5.41) is 14.1. The molecule has 1 aliphatic rings. The van der Waals surface area contributed by atoms with E-state index in [1.165, 1.54) is 11.8 Å². The first-order chi connectivity index (χ1) is 9.15. The van der Waals surface area contributed by atoms with Crippen LogP contribution >= 0.6 is 11.8 Å². The van der Waals surface area contributed by atoms with Gasteiger partial charge in [-0.25, -0.2) is 0 Å². The molecule has 1 unspecified atom stereocenters. The molecule has 0 aromatic rings. The van der Waals surface area contributed by atoms with Crippen LogP contribution in [0.4, 0.5) is 0 Å². The molecular weight excluding hydrogens is 266 g/mol. The molecule has 1 fully saturated rings. The Bertz CT molecular complexity index is 307. The highest BCUT2D eigenvalue weighted by Gasteiger charge is 2.18. The van der Waals surface area contributed by atoms with Crippen molar-refractivity contribution in [2.24, 2.45) is 5.92 Å². The zero-order valence-corrected chi connectivity index (χ0v) is 12.4. The zero-order valence-electron chi connectivity index (χ0n) is 11.6. The minimum atomic E-state index is -0.424. The van der Waals surface area contributed by atoms with Crippen molar-refractivity contribution in [3.05, 3.63) is 21.3 Å². The predicted molar refractivity (Wildman–Crippen MR) is 77.6 cm³/mol. The van der Waals surface area contributed by atoms with E-state index in [1.807, 2.05) is 6.26 Å². The molecule has 1 rings (SSSR count). The average Bonchev–Trinajstić information content (AvgIpc) is 2.88. The second kappa shape index (κ2) is 9.17. The zero-order chi connectivity index (χ0) is 14.1. The number of rotatable bonds is 9. The highest BCUT2D eigenvalue weighted by Crippen LogP contribution is 2.13. The summed E-state index contributed by atoms with van der Waals surface area (Å²) < 4.78 is 5.38. The number of nitrogens with zero attached hydrogens (tertiary/aromatic N) is 2. The number of hydrogen-bond acceptors (Lipinski definition) is 6. The molecule has 0 aromatic carbocycles. The summed E-state index contributed by atoms with van der Waals surface area (Å²) in [6, 6.07) is 0. The van der Waals surface area contributed by atoms with Crippen LogP contribution in [-0.4, -0.2) is 55.5 Å². The van der Waals surface area contributed by atoms with E-state index in [9.17, 15) is 10.1 Å². The van der Waals surface area contributed by atoms with Crippen molar-refractivity contribution in [1.82, 2.24) is 10.2 Å². The van der Waals surface area contributed by atoms with Crippen LogP contribution in [0.2, 0.25) is 0 Å². The van der Waals surface area contributed by atoms with Crippen LogP contribution in [0.25, 0.3) is 0 Å². The van der Waals surface area contributed by atoms with Crippen LogP contribution in [0.5, 0.6) is 0 Å². The largest absolute Gasteiger partial charge is 0.381 e. The first-order valence-corrected chi connectivity index (χ1v) is 7.81. The molecule has 0 aromatic heterocycles. The Hall–Kier alpha value is -0.790. The smallest absolute Gasteiger partial charge is 0.263 e. The summed E-state index contributed by atoms with van der Waals surface area (Å²) in [7, 11) is 0. The van der Waals surface area contributed by atoms with Gasteiger partial charge in [-0.15, -0.1) is 11.8 Å². The van der Waals surface area contributed by atoms with Crippen molar-refractivity contribution in [2.75, 3.05) is 45.6 Å². The summed E-state index contributed by atoms with van der Waals surface area (Å²) >= 11 is 1.36. The fourth-order valence-electron chi connectivity index (χ4n) is 2.07. The van der Waals surface area contributed by atoms with E-state index in [0.717, 1.165) is 52.0 Å². The lowest BCUT2D eigenvalue weighted by atomic mass is 10.1. The van der Waals surface area contributed by atoms with Crippen molar-refractivity contribution in [3.63, 3.8) is 0 Å². The molecule has 6 nitrogen and oxygen atoms in total. The molecule has 0 saturated carbocycles. The molecule has 110 valence electrons. The Morgan fingerprint density at radius 1 is 1.68 bits per heavy atom. The Labute approximate surface area is 118 Å². The van der Waals surface area contributed by atoms with Gasteiger partial charge in [0.2, 0.25) is 0 Å². The van der Waals surface area contributed by atoms with E-state index in [2.05, 4.69) is 17.1 Å². The monoisotopic (exact) mass is 289 g/mol. The number of hydrogen-bond donors (Lipinski definition) is 1. The third-order valence-electron chi connectivity index (χ3n) is 3.16. The molecule has 0 spiro atoms. The third kappa shape index (κ3) is 6.79. The molecule has 0 amide bonds. The van der Waals surface area contributed by atoms with Gasteiger partial charge in [-0.1, -0.05) is 6.92 Å². The van der Waals surface area contributed by atoms with E-state index < -0.39 is 4.92 Å². The number of nitrogens with one attached hydrogen (secondary N) is 1. The number of nitro groups is 1. The highest BCUT2D eigenvalue weighted by atomic mass is 32.2. The van der Waals surface area contributed by atoms with Crippen molar-refractivity contribution in [1.29, 1.82) is 0 Å². The maximum atomic E-state index is 10.4. The van der Waals surface area contributed by atoms with Crippen LogP contribution < -0.4 is 5.32 Å². The molecular formula is C12H23N3O3S. The molecule has 1 aliphatic heterocycles. The molecule has 19 heavy (non-hydrogen) atoms. The molecule has 0 bridgehead atoms.